The molecule has 5 nitrogen and oxygen atoms in total. The van der Waals surface area contributed by atoms with E-state index in [1.165, 1.54) is 18.7 Å². The second-order valence-electron chi connectivity index (χ2n) is 4.07. The molecule has 1 fully saturated rings. The second-order valence-corrected chi connectivity index (χ2v) is 5.28. The van der Waals surface area contributed by atoms with Gasteiger partial charge in [0.2, 0.25) is 0 Å². The van der Waals surface area contributed by atoms with Crippen LogP contribution < -0.4 is 0 Å². The molecule has 0 aromatic rings. The van der Waals surface area contributed by atoms with Gasteiger partial charge in [-0.1, -0.05) is 0 Å². The van der Waals surface area contributed by atoms with Gasteiger partial charge in [-0.25, -0.2) is 0 Å². The Balaban J connectivity index is 2.28. The summed E-state index contributed by atoms with van der Waals surface area (Å²) in [6, 6.07) is 0. The fourth-order valence-electron chi connectivity index (χ4n) is 1.69. The van der Waals surface area contributed by atoms with E-state index in [0.717, 1.165) is 38.6 Å². The van der Waals surface area contributed by atoms with Crippen molar-refractivity contribution in [3.05, 3.63) is 0 Å². The number of thioether (sulfide) groups is 1. The zero-order valence-corrected chi connectivity index (χ0v) is 11.8. The molecule has 0 radical (unpaired) electrons. The van der Waals surface area contributed by atoms with Crippen LogP contribution in [0, 0.1) is 0 Å². The highest BCUT2D eigenvalue weighted by Crippen LogP contribution is 2.14. The van der Waals surface area contributed by atoms with Crippen LogP contribution >= 0.6 is 11.8 Å². The van der Waals surface area contributed by atoms with Gasteiger partial charge in [0, 0.05) is 25.4 Å². The third kappa shape index (κ3) is 5.37. The molecule has 0 bridgehead atoms. The molecular weight excluding hydrogens is 254 g/mol. The Morgan fingerprint density at radius 2 is 2.06 bits per heavy atom. The maximum atomic E-state index is 11.6. The van der Waals surface area contributed by atoms with Crippen molar-refractivity contribution in [1.29, 1.82) is 0 Å². The number of carbonyl (C=O) groups excluding carboxylic acids is 2. The average Bonchev–Trinajstić information content (AvgIpc) is 2.35. The largest absolute Gasteiger partial charge is 0.465 e. The zero-order valence-electron chi connectivity index (χ0n) is 11.0. The highest BCUT2D eigenvalue weighted by atomic mass is 32.2. The molecule has 0 aliphatic carbocycles. The lowest BCUT2D eigenvalue weighted by molar-refractivity contribution is -0.144. The summed E-state index contributed by atoms with van der Waals surface area (Å²) in [5, 5.41) is -0.675. The van der Waals surface area contributed by atoms with Crippen molar-refractivity contribution in [2.75, 3.05) is 45.2 Å². The Hall–Kier alpha value is -0.590. The fraction of sp³-hybridized carbons (Fsp3) is 0.833. The molecule has 0 N–H and O–H groups in total. The van der Waals surface area contributed by atoms with Crippen molar-refractivity contribution in [2.24, 2.45) is 0 Å². The minimum Gasteiger partial charge on any atom is -0.465 e. The van der Waals surface area contributed by atoms with E-state index in [1.807, 2.05) is 0 Å². The van der Waals surface area contributed by atoms with Gasteiger partial charge in [0.05, 0.1) is 19.8 Å². The van der Waals surface area contributed by atoms with E-state index in [-0.39, 0.29) is 5.78 Å². The first kappa shape index (κ1) is 15.5. The number of esters is 1. The topological polar surface area (TPSA) is 55.8 Å². The van der Waals surface area contributed by atoms with E-state index in [4.69, 9.17) is 9.47 Å². The number of ether oxygens (including phenoxy) is 2. The summed E-state index contributed by atoms with van der Waals surface area (Å²) in [4.78, 5) is 25.2. The summed E-state index contributed by atoms with van der Waals surface area (Å²) in [7, 11) is 0. The first-order valence-corrected chi connectivity index (χ1v) is 7.28. The Morgan fingerprint density at radius 1 is 1.39 bits per heavy atom. The van der Waals surface area contributed by atoms with E-state index in [1.54, 1.807) is 6.92 Å². The zero-order chi connectivity index (χ0) is 13.4. The van der Waals surface area contributed by atoms with Crippen molar-refractivity contribution in [3.63, 3.8) is 0 Å². The molecule has 6 heteroatoms. The summed E-state index contributed by atoms with van der Waals surface area (Å²) in [5.41, 5.74) is 0. The van der Waals surface area contributed by atoms with Crippen LogP contribution in [0.15, 0.2) is 0 Å². The molecule has 1 aliphatic rings. The number of ketones is 1. The smallest absolute Gasteiger partial charge is 0.326 e. The molecule has 1 aliphatic heterocycles. The normalized spacial score (nSPS) is 18.3. The molecular formula is C12H21NO4S. The third-order valence-corrected chi connectivity index (χ3v) is 3.94. The molecule has 1 unspecified atom stereocenters. The monoisotopic (exact) mass is 275 g/mol. The van der Waals surface area contributed by atoms with Gasteiger partial charge >= 0.3 is 5.97 Å². The first-order valence-electron chi connectivity index (χ1n) is 6.24. The van der Waals surface area contributed by atoms with Gasteiger partial charge in [0.1, 0.15) is 0 Å². The lowest BCUT2D eigenvalue weighted by atomic mass is 10.3. The van der Waals surface area contributed by atoms with E-state index in [0.29, 0.717) is 6.61 Å². The Bertz CT molecular complexity index is 279. The Kier molecular flexibility index (Phi) is 7.31. The summed E-state index contributed by atoms with van der Waals surface area (Å²) in [6.45, 7) is 7.73. The number of carbonyl (C=O) groups is 2. The van der Waals surface area contributed by atoms with Gasteiger partial charge in [0.15, 0.2) is 11.0 Å². The van der Waals surface area contributed by atoms with Crippen LogP contribution in [-0.4, -0.2) is 67.1 Å². The van der Waals surface area contributed by atoms with Gasteiger partial charge in [-0.2, -0.15) is 0 Å². The molecule has 0 saturated carbocycles. The number of nitrogens with zero attached hydrogens (tertiary/aromatic N) is 1. The predicted molar refractivity (Wildman–Crippen MR) is 70.8 cm³/mol. The van der Waals surface area contributed by atoms with Crippen molar-refractivity contribution in [2.45, 2.75) is 19.1 Å². The van der Waals surface area contributed by atoms with Crippen LogP contribution in [0.2, 0.25) is 0 Å². The first-order chi connectivity index (χ1) is 8.65. The van der Waals surface area contributed by atoms with Crippen LogP contribution in [0.1, 0.15) is 13.8 Å². The SMILES string of the molecule is CCOC(=O)C(SCCN1CCOCC1)C(C)=O. The van der Waals surface area contributed by atoms with Crippen molar-refractivity contribution < 1.29 is 19.1 Å². The summed E-state index contributed by atoms with van der Waals surface area (Å²) in [5.74, 6) is 0.195. The van der Waals surface area contributed by atoms with Gasteiger partial charge in [-0.15, -0.1) is 11.8 Å². The number of morpholine rings is 1. The van der Waals surface area contributed by atoms with Crippen LogP contribution in [0.3, 0.4) is 0 Å². The van der Waals surface area contributed by atoms with E-state index < -0.39 is 11.2 Å². The van der Waals surface area contributed by atoms with Gasteiger partial charge in [-0.3, -0.25) is 14.5 Å². The van der Waals surface area contributed by atoms with Crippen molar-refractivity contribution in [3.8, 4) is 0 Å². The minimum absolute atomic E-state index is 0.138. The molecule has 0 aromatic carbocycles. The Morgan fingerprint density at radius 3 is 2.61 bits per heavy atom. The molecule has 1 heterocycles. The maximum Gasteiger partial charge on any atom is 0.326 e. The summed E-state index contributed by atoms with van der Waals surface area (Å²) in [6.07, 6.45) is 0. The quantitative estimate of drug-likeness (QED) is 0.500. The highest BCUT2D eigenvalue weighted by molar-refractivity contribution is 8.01. The highest BCUT2D eigenvalue weighted by Gasteiger charge is 2.25. The predicted octanol–water partition coefficient (Wildman–Crippen LogP) is 0.573. The van der Waals surface area contributed by atoms with Crippen LogP contribution in [0.25, 0.3) is 0 Å². The molecule has 1 saturated heterocycles. The van der Waals surface area contributed by atoms with E-state index in [2.05, 4.69) is 4.90 Å². The lowest BCUT2D eigenvalue weighted by Crippen LogP contribution is -2.38. The lowest BCUT2D eigenvalue weighted by Gasteiger charge is -2.26. The van der Waals surface area contributed by atoms with E-state index >= 15 is 0 Å². The summed E-state index contributed by atoms with van der Waals surface area (Å²) >= 11 is 1.36. The number of hydrogen-bond donors (Lipinski definition) is 0. The van der Waals surface area contributed by atoms with Gasteiger partial charge < -0.3 is 9.47 Å². The Labute approximate surface area is 112 Å². The average molecular weight is 275 g/mol. The maximum absolute atomic E-state index is 11.6. The summed E-state index contributed by atoms with van der Waals surface area (Å²) < 4.78 is 10.2. The molecule has 1 atom stereocenters. The van der Waals surface area contributed by atoms with Crippen LogP contribution in [0.4, 0.5) is 0 Å². The third-order valence-electron chi connectivity index (χ3n) is 2.67. The molecule has 1 rings (SSSR count). The molecule has 104 valence electrons. The molecule has 18 heavy (non-hydrogen) atoms. The number of rotatable bonds is 7. The molecule has 0 spiro atoms. The number of hydrogen-bond acceptors (Lipinski definition) is 6. The van der Waals surface area contributed by atoms with Crippen LogP contribution in [0.5, 0.6) is 0 Å². The molecule has 0 amide bonds. The minimum atomic E-state index is -0.675. The van der Waals surface area contributed by atoms with Crippen molar-refractivity contribution >= 4 is 23.5 Å². The standard InChI is InChI=1S/C12H21NO4S/c1-3-17-12(15)11(10(2)14)18-9-6-13-4-7-16-8-5-13/h11H,3-9H2,1-2H3. The van der Waals surface area contributed by atoms with Gasteiger partial charge in [0.25, 0.3) is 0 Å². The molecule has 0 aromatic heterocycles. The van der Waals surface area contributed by atoms with Gasteiger partial charge in [-0.05, 0) is 13.8 Å². The number of Topliss-reactive ketones (excluding diaryl/α,β-unsaturated/α-hetero) is 1. The van der Waals surface area contributed by atoms with E-state index in [9.17, 15) is 9.59 Å². The van der Waals surface area contributed by atoms with Crippen molar-refractivity contribution in [1.82, 2.24) is 4.90 Å². The second kappa shape index (κ2) is 8.50. The fourth-order valence-corrected chi connectivity index (χ4v) is 2.73. The van der Waals surface area contributed by atoms with Crippen LogP contribution in [-0.2, 0) is 19.1 Å².